The van der Waals surface area contributed by atoms with Gasteiger partial charge in [0.25, 0.3) is 5.91 Å². The number of amides is 1. The van der Waals surface area contributed by atoms with E-state index >= 15 is 0 Å². The van der Waals surface area contributed by atoms with Crippen LogP contribution >= 0.6 is 22.9 Å². The Hall–Kier alpha value is -1.47. The first kappa shape index (κ1) is 12.0. The van der Waals surface area contributed by atoms with Gasteiger partial charge in [-0.2, -0.15) is 4.37 Å². The van der Waals surface area contributed by atoms with Gasteiger partial charge in [0, 0.05) is 24.6 Å². The van der Waals surface area contributed by atoms with Crippen LogP contribution in [0.1, 0.15) is 15.5 Å². The summed E-state index contributed by atoms with van der Waals surface area (Å²) in [5.74, 6) is 0.732. The Bertz CT molecular complexity index is 480. The van der Waals surface area contributed by atoms with Gasteiger partial charge in [-0.1, -0.05) is 6.07 Å². The number of thiophene rings is 1. The van der Waals surface area contributed by atoms with Crippen molar-refractivity contribution in [2.24, 2.45) is 0 Å². The van der Waals surface area contributed by atoms with Crippen LogP contribution in [0.15, 0.2) is 17.5 Å². The first-order chi connectivity index (χ1) is 8.25. The van der Waals surface area contributed by atoms with Gasteiger partial charge >= 0.3 is 0 Å². The maximum atomic E-state index is 11.6. The molecule has 0 spiro atoms. The lowest BCUT2D eigenvalue weighted by Gasteiger charge is -2.03. The molecule has 2 aromatic rings. The summed E-state index contributed by atoms with van der Waals surface area (Å²) in [7, 11) is 0. The minimum Gasteiger partial charge on any atom is -0.359 e. The minimum atomic E-state index is -0.0322. The molecule has 0 radical (unpaired) electrons. The van der Waals surface area contributed by atoms with Crippen LogP contribution in [-0.4, -0.2) is 28.4 Å². The molecule has 0 saturated carbocycles. The average molecular weight is 268 g/mol. The summed E-state index contributed by atoms with van der Waals surface area (Å²) < 4.78 is 4.05. The number of rotatable bonds is 5. The third-order valence-corrected chi connectivity index (χ3v) is 3.59. The lowest BCUT2D eigenvalue weighted by Crippen LogP contribution is -2.28. The molecule has 2 N–H and O–H groups in total. The van der Waals surface area contributed by atoms with Crippen LogP contribution in [0, 0.1) is 6.92 Å². The van der Waals surface area contributed by atoms with Crippen LogP contribution in [0.5, 0.6) is 0 Å². The molecule has 0 aliphatic rings. The third-order valence-electron chi connectivity index (χ3n) is 1.96. The molecule has 2 aromatic heterocycles. The summed E-state index contributed by atoms with van der Waals surface area (Å²) in [6.45, 7) is 3.06. The third kappa shape index (κ3) is 3.50. The number of nitrogens with zero attached hydrogens (tertiary/aromatic N) is 2. The molecule has 0 aromatic carbocycles. The van der Waals surface area contributed by atoms with Crippen molar-refractivity contribution >= 4 is 33.9 Å². The number of nitrogens with one attached hydrogen (secondary N) is 2. The van der Waals surface area contributed by atoms with Gasteiger partial charge in [-0.15, -0.1) is 11.3 Å². The van der Waals surface area contributed by atoms with E-state index in [0.717, 1.165) is 15.8 Å². The predicted octanol–water partition coefficient (Wildman–Crippen LogP) is 1.75. The van der Waals surface area contributed by atoms with Crippen LogP contribution in [-0.2, 0) is 0 Å². The summed E-state index contributed by atoms with van der Waals surface area (Å²) >= 11 is 2.76. The number of anilines is 1. The number of aromatic nitrogens is 2. The standard InChI is InChI=1S/C10H12N4OS2/c1-7-13-10(17-14-7)12-5-4-11-9(15)8-3-2-6-16-8/h2-3,6H,4-5H2,1H3,(H,11,15)(H,12,13,14). The number of carbonyl (C=O) groups is 1. The van der Waals surface area contributed by atoms with E-state index in [0.29, 0.717) is 13.1 Å². The fourth-order valence-electron chi connectivity index (χ4n) is 1.21. The largest absolute Gasteiger partial charge is 0.359 e. The Labute approximate surface area is 107 Å². The number of aryl methyl sites for hydroxylation is 1. The molecular weight excluding hydrogens is 256 g/mol. The average Bonchev–Trinajstić information content (AvgIpc) is 2.95. The molecule has 0 saturated heterocycles. The van der Waals surface area contributed by atoms with E-state index in [4.69, 9.17) is 0 Å². The fourth-order valence-corrected chi connectivity index (χ4v) is 2.45. The molecule has 0 aliphatic carbocycles. The van der Waals surface area contributed by atoms with Gasteiger partial charge in [0.1, 0.15) is 5.82 Å². The molecule has 0 fully saturated rings. The second kappa shape index (κ2) is 5.74. The smallest absolute Gasteiger partial charge is 0.261 e. The van der Waals surface area contributed by atoms with Crippen molar-refractivity contribution in [3.8, 4) is 0 Å². The van der Waals surface area contributed by atoms with E-state index in [9.17, 15) is 4.79 Å². The van der Waals surface area contributed by atoms with Gasteiger partial charge in [-0.3, -0.25) is 4.79 Å². The first-order valence-electron chi connectivity index (χ1n) is 5.11. The Morgan fingerprint density at radius 2 is 2.35 bits per heavy atom. The van der Waals surface area contributed by atoms with Crippen molar-refractivity contribution in [2.75, 3.05) is 18.4 Å². The van der Waals surface area contributed by atoms with Crippen LogP contribution in [0.3, 0.4) is 0 Å². The molecule has 0 unspecified atom stereocenters. The fraction of sp³-hybridized carbons (Fsp3) is 0.300. The molecule has 0 aliphatic heterocycles. The molecule has 2 rings (SSSR count). The molecule has 1 amide bonds. The minimum absolute atomic E-state index is 0.0322. The van der Waals surface area contributed by atoms with E-state index in [1.165, 1.54) is 22.9 Å². The highest BCUT2D eigenvalue weighted by atomic mass is 32.1. The maximum Gasteiger partial charge on any atom is 0.261 e. The van der Waals surface area contributed by atoms with Crippen LogP contribution in [0.4, 0.5) is 5.13 Å². The molecule has 17 heavy (non-hydrogen) atoms. The van der Waals surface area contributed by atoms with Crippen LogP contribution < -0.4 is 10.6 Å². The highest BCUT2D eigenvalue weighted by Crippen LogP contribution is 2.09. The van der Waals surface area contributed by atoms with Crippen LogP contribution in [0.2, 0.25) is 0 Å². The van der Waals surface area contributed by atoms with Gasteiger partial charge in [-0.25, -0.2) is 4.98 Å². The van der Waals surface area contributed by atoms with E-state index < -0.39 is 0 Å². The van der Waals surface area contributed by atoms with Crippen LogP contribution in [0.25, 0.3) is 0 Å². The number of carbonyl (C=O) groups excluding carboxylic acids is 1. The molecule has 0 bridgehead atoms. The molecule has 7 heteroatoms. The highest BCUT2D eigenvalue weighted by molar-refractivity contribution is 7.12. The topological polar surface area (TPSA) is 66.9 Å². The van der Waals surface area contributed by atoms with Crippen molar-refractivity contribution in [1.29, 1.82) is 0 Å². The van der Waals surface area contributed by atoms with Crippen molar-refractivity contribution < 1.29 is 4.79 Å². The van der Waals surface area contributed by atoms with Crippen molar-refractivity contribution in [2.45, 2.75) is 6.92 Å². The van der Waals surface area contributed by atoms with E-state index in [1.807, 2.05) is 24.4 Å². The van der Waals surface area contributed by atoms with Gasteiger partial charge < -0.3 is 10.6 Å². The van der Waals surface area contributed by atoms with Crippen molar-refractivity contribution in [1.82, 2.24) is 14.7 Å². The normalized spacial score (nSPS) is 10.2. The summed E-state index contributed by atoms with van der Waals surface area (Å²) in [6, 6.07) is 3.67. The van der Waals surface area contributed by atoms with E-state index in [2.05, 4.69) is 20.0 Å². The molecular formula is C10H12N4OS2. The predicted molar refractivity (Wildman–Crippen MR) is 69.8 cm³/mol. The molecule has 2 heterocycles. The van der Waals surface area contributed by atoms with Gasteiger partial charge in [0.2, 0.25) is 5.13 Å². The van der Waals surface area contributed by atoms with Gasteiger partial charge in [-0.05, 0) is 18.4 Å². The van der Waals surface area contributed by atoms with E-state index in [-0.39, 0.29) is 5.91 Å². The Balaban J connectivity index is 1.68. The van der Waals surface area contributed by atoms with Crippen molar-refractivity contribution in [3.05, 3.63) is 28.2 Å². The summed E-state index contributed by atoms with van der Waals surface area (Å²) in [5.41, 5.74) is 0. The zero-order valence-electron chi connectivity index (χ0n) is 9.27. The Morgan fingerprint density at radius 1 is 1.47 bits per heavy atom. The summed E-state index contributed by atoms with van der Waals surface area (Å²) in [5, 5.41) is 8.60. The SMILES string of the molecule is Cc1nsc(NCCNC(=O)c2cccs2)n1. The van der Waals surface area contributed by atoms with E-state index in [1.54, 1.807) is 0 Å². The first-order valence-corrected chi connectivity index (χ1v) is 6.77. The van der Waals surface area contributed by atoms with Crippen molar-refractivity contribution in [3.63, 3.8) is 0 Å². The lowest BCUT2D eigenvalue weighted by molar-refractivity contribution is 0.0959. The molecule has 90 valence electrons. The van der Waals surface area contributed by atoms with Gasteiger partial charge in [0.15, 0.2) is 0 Å². The second-order valence-corrected chi connectivity index (χ2v) is 5.01. The Morgan fingerprint density at radius 3 is 3.00 bits per heavy atom. The molecule has 5 nitrogen and oxygen atoms in total. The maximum absolute atomic E-state index is 11.6. The quantitative estimate of drug-likeness (QED) is 0.811. The monoisotopic (exact) mass is 268 g/mol. The Kier molecular flexibility index (Phi) is 4.05. The number of hydrogen-bond acceptors (Lipinski definition) is 6. The molecule has 0 atom stereocenters. The zero-order valence-corrected chi connectivity index (χ0v) is 10.9. The lowest BCUT2D eigenvalue weighted by atomic mass is 10.4. The summed E-state index contributed by atoms with van der Waals surface area (Å²) in [4.78, 5) is 16.5. The number of hydrogen-bond donors (Lipinski definition) is 2. The summed E-state index contributed by atoms with van der Waals surface area (Å²) in [6.07, 6.45) is 0. The second-order valence-electron chi connectivity index (χ2n) is 3.31. The van der Waals surface area contributed by atoms with Gasteiger partial charge in [0.05, 0.1) is 4.88 Å². The zero-order chi connectivity index (χ0) is 12.1. The highest BCUT2D eigenvalue weighted by Gasteiger charge is 2.05.